The first kappa shape index (κ1) is 8.76. The third-order valence-electron chi connectivity index (χ3n) is 3.13. The highest BCUT2D eigenvalue weighted by atomic mass is 14.6. The predicted octanol–water partition coefficient (Wildman–Crippen LogP) is 2.50. The summed E-state index contributed by atoms with van der Waals surface area (Å²) in [6.45, 7) is 4.39. The van der Waals surface area contributed by atoms with Crippen LogP contribution in [0.4, 0.5) is 0 Å². The lowest BCUT2D eigenvalue weighted by molar-refractivity contribution is 0.710. The molecular weight excluding hydrogens is 158 g/mol. The van der Waals surface area contributed by atoms with Gasteiger partial charge in [-0.05, 0) is 48.4 Å². The number of hydrogen-bond acceptors (Lipinski definition) is 1. The number of hydrogen-bond donors (Lipinski definition) is 1. The van der Waals surface area contributed by atoms with Crippen molar-refractivity contribution >= 4 is 0 Å². The molecule has 0 radical (unpaired) electrons. The Kier molecular flexibility index (Phi) is 2.12. The topological polar surface area (TPSA) is 26.0 Å². The van der Waals surface area contributed by atoms with Crippen molar-refractivity contribution < 1.29 is 0 Å². The summed E-state index contributed by atoms with van der Waals surface area (Å²) in [5.74, 6) is 0. The highest BCUT2D eigenvalue weighted by molar-refractivity contribution is 5.45. The maximum atomic E-state index is 6.07. The zero-order valence-electron chi connectivity index (χ0n) is 8.43. The minimum atomic E-state index is 0.293. The summed E-state index contributed by atoms with van der Waals surface area (Å²) < 4.78 is 0. The molecule has 0 aromatic heterocycles. The van der Waals surface area contributed by atoms with Gasteiger partial charge in [0, 0.05) is 6.04 Å². The minimum Gasteiger partial charge on any atom is -0.324 e. The van der Waals surface area contributed by atoms with Crippen LogP contribution in [0.1, 0.15) is 41.6 Å². The SMILES string of the molecule is CCc1ccc(C)c2c1CCC2N. The van der Waals surface area contributed by atoms with Crippen molar-refractivity contribution in [3.63, 3.8) is 0 Å². The van der Waals surface area contributed by atoms with Gasteiger partial charge in [0.25, 0.3) is 0 Å². The van der Waals surface area contributed by atoms with Crippen molar-refractivity contribution in [3.8, 4) is 0 Å². The molecule has 1 aliphatic carbocycles. The second-order valence-corrected chi connectivity index (χ2v) is 3.93. The van der Waals surface area contributed by atoms with Crippen molar-refractivity contribution in [1.29, 1.82) is 0 Å². The first-order chi connectivity index (χ1) is 6.24. The zero-order valence-corrected chi connectivity index (χ0v) is 8.43. The van der Waals surface area contributed by atoms with Crippen LogP contribution in [0.3, 0.4) is 0 Å². The second-order valence-electron chi connectivity index (χ2n) is 3.93. The molecule has 1 aliphatic rings. The molecule has 0 amide bonds. The molecule has 1 aromatic carbocycles. The molecule has 0 saturated carbocycles. The number of aryl methyl sites for hydroxylation is 2. The van der Waals surface area contributed by atoms with Gasteiger partial charge in [-0.2, -0.15) is 0 Å². The summed E-state index contributed by atoms with van der Waals surface area (Å²) in [5.41, 5.74) is 11.9. The molecule has 0 bridgehead atoms. The lowest BCUT2D eigenvalue weighted by atomic mass is 9.96. The summed E-state index contributed by atoms with van der Waals surface area (Å²) in [7, 11) is 0. The largest absolute Gasteiger partial charge is 0.324 e. The van der Waals surface area contributed by atoms with E-state index < -0.39 is 0 Å². The van der Waals surface area contributed by atoms with Crippen LogP contribution in [0.2, 0.25) is 0 Å². The van der Waals surface area contributed by atoms with Crippen LogP contribution in [0.5, 0.6) is 0 Å². The van der Waals surface area contributed by atoms with Gasteiger partial charge in [-0.3, -0.25) is 0 Å². The predicted molar refractivity (Wildman–Crippen MR) is 55.8 cm³/mol. The smallest absolute Gasteiger partial charge is 0.0303 e. The van der Waals surface area contributed by atoms with E-state index in [-0.39, 0.29) is 0 Å². The van der Waals surface area contributed by atoms with Gasteiger partial charge in [0.15, 0.2) is 0 Å². The molecule has 1 aromatic rings. The minimum absolute atomic E-state index is 0.293. The molecule has 13 heavy (non-hydrogen) atoms. The number of rotatable bonds is 1. The maximum absolute atomic E-state index is 6.07. The number of nitrogens with two attached hydrogens (primary N) is 1. The van der Waals surface area contributed by atoms with Gasteiger partial charge in [0.1, 0.15) is 0 Å². The molecule has 1 unspecified atom stereocenters. The Morgan fingerprint density at radius 1 is 1.46 bits per heavy atom. The Bertz CT molecular complexity index is 328. The molecular formula is C12H17N. The normalized spacial score (nSPS) is 20.4. The van der Waals surface area contributed by atoms with Crippen molar-refractivity contribution in [2.24, 2.45) is 5.73 Å². The summed E-state index contributed by atoms with van der Waals surface area (Å²) in [6.07, 6.45) is 3.45. The monoisotopic (exact) mass is 175 g/mol. The van der Waals surface area contributed by atoms with Crippen LogP contribution in [0.15, 0.2) is 12.1 Å². The van der Waals surface area contributed by atoms with Crippen molar-refractivity contribution in [2.45, 2.75) is 39.2 Å². The quantitative estimate of drug-likeness (QED) is 0.697. The Hall–Kier alpha value is -0.820. The Labute approximate surface area is 80.0 Å². The van der Waals surface area contributed by atoms with Gasteiger partial charge >= 0.3 is 0 Å². The van der Waals surface area contributed by atoms with Crippen molar-refractivity contribution in [3.05, 3.63) is 34.4 Å². The van der Waals surface area contributed by atoms with Gasteiger partial charge in [0.2, 0.25) is 0 Å². The molecule has 1 atom stereocenters. The fourth-order valence-corrected chi connectivity index (χ4v) is 2.41. The van der Waals surface area contributed by atoms with E-state index in [1.165, 1.54) is 28.7 Å². The second kappa shape index (κ2) is 3.15. The molecule has 0 aliphatic heterocycles. The van der Waals surface area contributed by atoms with E-state index in [0.717, 1.165) is 12.8 Å². The highest BCUT2D eigenvalue weighted by Gasteiger charge is 2.22. The fourth-order valence-electron chi connectivity index (χ4n) is 2.41. The van der Waals surface area contributed by atoms with Crippen molar-refractivity contribution in [2.75, 3.05) is 0 Å². The summed E-state index contributed by atoms with van der Waals surface area (Å²) in [5, 5.41) is 0. The Morgan fingerprint density at radius 2 is 2.23 bits per heavy atom. The Morgan fingerprint density at radius 3 is 2.92 bits per heavy atom. The standard InChI is InChI=1S/C12H17N/c1-3-9-5-4-8(2)12-10(9)6-7-11(12)13/h4-5,11H,3,6-7,13H2,1-2H3. The molecule has 0 fully saturated rings. The summed E-state index contributed by atoms with van der Waals surface area (Å²) >= 11 is 0. The molecule has 0 saturated heterocycles. The van der Waals surface area contributed by atoms with E-state index in [9.17, 15) is 0 Å². The molecule has 1 heteroatoms. The van der Waals surface area contributed by atoms with E-state index in [2.05, 4.69) is 26.0 Å². The third kappa shape index (κ3) is 1.28. The number of benzene rings is 1. The maximum Gasteiger partial charge on any atom is 0.0303 e. The molecule has 70 valence electrons. The van der Waals surface area contributed by atoms with Gasteiger partial charge < -0.3 is 5.73 Å². The van der Waals surface area contributed by atoms with E-state index >= 15 is 0 Å². The van der Waals surface area contributed by atoms with Crippen LogP contribution >= 0.6 is 0 Å². The molecule has 2 N–H and O–H groups in total. The molecule has 1 nitrogen and oxygen atoms in total. The highest BCUT2D eigenvalue weighted by Crippen LogP contribution is 2.34. The van der Waals surface area contributed by atoms with Crippen LogP contribution in [-0.4, -0.2) is 0 Å². The van der Waals surface area contributed by atoms with E-state index in [1.54, 1.807) is 0 Å². The average Bonchev–Trinajstić information content (AvgIpc) is 2.50. The molecule has 0 heterocycles. The van der Waals surface area contributed by atoms with Crippen LogP contribution in [-0.2, 0) is 12.8 Å². The van der Waals surface area contributed by atoms with Gasteiger partial charge in [-0.25, -0.2) is 0 Å². The molecule has 0 spiro atoms. The van der Waals surface area contributed by atoms with Gasteiger partial charge in [-0.1, -0.05) is 19.1 Å². The van der Waals surface area contributed by atoms with E-state index in [4.69, 9.17) is 5.73 Å². The first-order valence-electron chi connectivity index (χ1n) is 5.11. The lowest BCUT2D eigenvalue weighted by Crippen LogP contribution is -2.07. The van der Waals surface area contributed by atoms with E-state index in [0.29, 0.717) is 6.04 Å². The lowest BCUT2D eigenvalue weighted by Gasteiger charge is -2.11. The first-order valence-corrected chi connectivity index (χ1v) is 5.11. The third-order valence-corrected chi connectivity index (χ3v) is 3.13. The van der Waals surface area contributed by atoms with Gasteiger partial charge in [-0.15, -0.1) is 0 Å². The fraction of sp³-hybridized carbons (Fsp3) is 0.500. The average molecular weight is 175 g/mol. The summed E-state index contributed by atoms with van der Waals surface area (Å²) in [6, 6.07) is 4.76. The molecule has 2 rings (SSSR count). The zero-order chi connectivity index (χ0) is 9.42. The summed E-state index contributed by atoms with van der Waals surface area (Å²) in [4.78, 5) is 0. The number of fused-ring (bicyclic) bond motifs is 1. The van der Waals surface area contributed by atoms with Crippen LogP contribution in [0.25, 0.3) is 0 Å². The van der Waals surface area contributed by atoms with E-state index in [1.807, 2.05) is 0 Å². The van der Waals surface area contributed by atoms with Crippen molar-refractivity contribution in [1.82, 2.24) is 0 Å². The van der Waals surface area contributed by atoms with Crippen LogP contribution < -0.4 is 5.73 Å². The van der Waals surface area contributed by atoms with Gasteiger partial charge in [0.05, 0.1) is 0 Å². The Balaban J connectivity index is 2.59. The van der Waals surface area contributed by atoms with Crippen LogP contribution in [0, 0.1) is 6.92 Å².